The predicted octanol–water partition coefficient (Wildman–Crippen LogP) is 23.9. The number of rotatable bonds is 30. The van der Waals surface area contributed by atoms with Crippen molar-refractivity contribution in [2.75, 3.05) is 12.3 Å². The highest BCUT2D eigenvalue weighted by Crippen LogP contribution is 2.57. The molecule has 0 radical (unpaired) electrons. The molecule has 0 amide bonds. The van der Waals surface area contributed by atoms with Crippen LogP contribution in [-0.4, -0.2) is 168 Å². The number of nitrogens with two attached hydrogens (primary N) is 1. The van der Waals surface area contributed by atoms with Gasteiger partial charge in [-0.15, -0.1) is 82.3 Å². The Bertz CT molecular complexity index is 7250. The van der Waals surface area contributed by atoms with E-state index in [1.54, 1.807) is 73.7 Å². The summed E-state index contributed by atoms with van der Waals surface area (Å²) in [7, 11) is 0. The number of aromatic hydroxyl groups is 1. The third-order valence-corrected chi connectivity index (χ3v) is 39.4. The normalized spacial score (nSPS) is 17.4. The van der Waals surface area contributed by atoms with Gasteiger partial charge in [-0.1, -0.05) is 24.3 Å². The summed E-state index contributed by atoms with van der Waals surface area (Å²) in [6, 6.07) is 57.0. The second-order valence-electron chi connectivity index (χ2n) is 38.4. The first kappa shape index (κ1) is 106. The average molecular weight is 2110 g/mol. The van der Waals surface area contributed by atoms with Gasteiger partial charge in [-0.05, 0) is 341 Å². The van der Waals surface area contributed by atoms with Crippen molar-refractivity contribution in [1.82, 2.24) is 34.9 Å². The van der Waals surface area contributed by atoms with E-state index < -0.39 is 75.0 Å². The SMILES string of the molecule is N#CCCc1ccc2nccc(SC3(C(=O)O)CCC3)c2c1.N#CCOc1ccc2nccc(SC3(C(=O)O)CCC3)c2c1.Nc1ccc2nccc(SC3(C(=O)O)CCC3)c2c1.O=C(Cc1ccc2nccc(SC3(C(=O)O)CCC3)c2c1)C1CC1.O=C(O)C1(Sc2ccnc3ccc(C4CC4)cc23)CCC1.O=C(O)C1(Sc2ccnc3ccc(CO)cc23)CCC1.O=C(O)C1(Sc2ccnc3ccc(O)cc23)CCC1. The highest BCUT2D eigenvalue weighted by atomic mass is 32.2. The van der Waals surface area contributed by atoms with Gasteiger partial charge in [0, 0.05) is 140 Å². The van der Waals surface area contributed by atoms with Crippen LogP contribution in [0.5, 0.6) is 11.5 Å². The first-order chi connectivity index (χ1) is 70.9. The number of ether oxygens (including phenoxy) is 1. The van der Waals surface area contributed by atoms with Crippen molar-refractivity contribution < 1.29 is 89.1 Å². The van der Waals surface area contributed by atoms with E-state index in [-0.39, 0.29) is 24.9 Å². The van der Waals surface area contributed by atoms with Crippen molar-refractivity contribution >= 4 is 212 Å². The number of phenolic OH excluding ortho intramolecular Hbond substituents is 1. The maximum Gasteiger partial charge on any atom is 0.320 e. The molecule has 14 aromatic rings. The number of carbonyl (C=O) groups excluding carboxylic acids is 1. The molecular formula is C112H108N10O18S7. The molecule has 9 aliphatic rings. The van der Waals surface area contributed by atoms with Crippen LogP contribution in [0.3, 0.4) is 0 Å². The second kappa shape index (κ2) is 45.9. The molecule has 0 spiro atoms. The summed E-state index contributed by atoms with van der Waals surface area (Å²) in [5.41, 5.74) is 16.6. The second-order valence-corrected chi connectivity index (χ2v) is 48.4. The van der Waals surface area contributed by atoms with E-state index in [1.165, 1.54) is 101 Å². The van der Waals surface area contributed by atoms with Crippen molar-refractivity contribution in [2.45, 2.75) is 260 Å². The molecule has 9 aliphatic carbocycles. The van der Waals surface area contributed by atoms with Crippen LogP contribution in [0.1, 0.15) is 195 Å². The van der Waals surface area contributed by atoms with Gasteiger partial charge in [-0.3, -0.25) is 73.2 Å². The lowest BCUT2D eigenvalue weighted by atomic mass is 9.84. The van der Waals surface area contributed by atoms with Crippen molar-refractivity contribution in [3.63, 3.8) is 0 Å². The summed E-state index contributed by atoms with van der Waals surface area (Å²) in [6.07, 6.45) is 35.0. The number of phenols is 1. The number of hydrogen-bond acceptors (Lipinski definition) is 28. The predicted molar refractivity (Wildman–Crippen MR) is 573 cm³/mol. The highest BCUT2D eigenvalue weighted by Gasteiger charge is 2.52. The van der Waals surface area contributed by atoms with Gasteiger partial charge in [0.15, 0.2) is 6.61 Å². The molecular weight excluding hydrogens is 2000 g/mol. The van der Waals surface area contributed by atoms with Crippen LogP contribution in [-0.2, 0) is 57.8 Å². The van der Waals surface area contributed by atoms with Gasteiger partial charge in [-0.25, -0.2) is 0 Å². The molecule has 147 heavy (non-hydrogen) atoms. The topological polar surface area (TPSA) is 492 Å². The Morgan fingerprint density at radius 1 is 0.333 bits per heavy atom. The number of anilines is 1. The molecule has 28 nitrogen and oxygen atoms in total. The lowest BCUT2D eigenvalue weighted by Gasteiger charge is -2.37. The fourth-order valence-corrected chi connectivity index (χ4v) is 28.1. The molecule has 7 aromatic carbocycles. The maximum absolute atomic E-state index is 12.1. The van der Waals surface area contributed by atoms with E-state index in [0.717, 1.165) is 211 Å². The average Bonchev–Trinajstić information content (AvgIpc) is 1.73. The molecule has 0 atom stereocenters. The van der Waals surface area contributed by atoms with Crippen LogP contribution in [0.15, 0.2) is 248 Å². The van der Waals surface area contributed by atoms with Crippen LogP contribution in [0.25, 0.3) is 76.3 Å². The smallest absolute Gasteiger partial charge is 0.320 e. The molecule has 0 bridgehead atoms. The number of ketones is 1. The van der Waals surface area contributed by atoms with Gasteiger partial charge in [0.05, 0.1) is 51.3 Å². The largest absolute Gasteiger partial charge is 0.508 e. The summed E-state index contributed by atoms with van der Waals surface area (Å²) >= 11 is 10.0. The standard InChI is InChI=1S/C19H19NO3S.C17H16N2O2S.C17H17NO2S.C16H14N2O3S.C15H15NO3S.C14H14N2O2S.C14H13NO3S/c21-16(13-3-4-13)11-12-2-5-15-14(10-12)17(6-9-20-15)24-19(18(22)23)7-1-8-19;18-9-1-3-12-4-5-14-13(11-12)15(6-10-19-14)22-17(16(20)21)7-2-8-17;19-16(20)17(7-1-8-17)21-15-6-9-18-14-5-4-12(10-13(14)15)11-2-3-11;17-7-9-21-11-2-3-13-12(10-11)14(4-8-18-13)22-16(15(19)20)5-1-6-16;17-9-10-2-3-12-11(8-10)13(4-7-16-12)20-15(14(18)19)5-1-6-15;15-9-2-3-11-10(8-9)12(4-7-16-11)19-14(13(17)18)5-1-6-14;16-9-2-3-11-10(8-9)12(4-7-15-11)19-14(13(17)18)5-1-6-14/h2,5-6,9-10,13H,1,3-4,7-8,11H2,(H,22,23);4-6,10-11H,1-3,7-8H2,(H,20,21);4-6,9-11H,1-3,7-8H2,(H,19,20);2-4,8,10H,1,5-6,9H2,(H,19,20);2-4,7-8,17H,1,5-6,9H2,(H,18,19);2-4,7-8H,1,5-6,15H2,(H,17,18);2-4,7-8,16H,1,5-6H2,(H,17,18). The van der Waals surface area contributed by atoms with Crippen LogP contribution in [0.2, 0.25) is 0 Å². The zero-order valence-electron chi connectivity index (χ0n) is 80.2. The molecule has 9 fully saturated rings. The van der Waals surface area contributed by atoms with Crippen LogP contribution >= 0.6 is 82.3 Å². The fourth-order valence-electron chi connectivity index (χ4n) is 18.3. The van der Waals surface area contributed by atoms with Crippen LogP contribution in [0, 0.1) is 28.6 Å². The molecule has 7 heterocycles. The molecule has 0 saturated heterocycles. The minimum atomic E-state index is -0.759. The first-order valence-electron chi connectivity index (χ1n) is 49.0. The number of aliphatic hydroxyl groups is 1. The summed E-state index contributed by atoms with van der Waals surface area (Å²) in [6.45, 7) is -0.0493. The monoisotopic (exact) mass is 2100 g/mol. The molecule has 11 N–H and O–H groups in total. The van der Waals surface area contributed by atoms with Crippen molar-refractivity contribution in [1.29, 1.82) is 10.5 Å². The van der Waals surface area contributed by atoms with Crippen molar-refractivity contribution in [2.24, 2.45) is 5.92 Å². The van der Waals surface area contributed by atoms with Crippen LogP contribution in [0.4, 0.5) is 5.69 Å². The zero-order valence-corrected chi connectivity index (χ0v) is 85.9. The highest BCUT2D eigenvalue weighted by molar-refractivity contribution is 8.03. The Morgan fingerprint density at radius 3 is 0.932 bits per heavy atom. The number of pyridine rings is 7. The van der Waals surface area contributed by atoms with Gasteiger partial charge in [-0.2, -0.15) is 10.5 Å². The minimum absolute atomic E-state index is 0.0205. The number of Topliss-reactive ketones (excluding diaryl/α,β-unsaturated/α-hetero) is 1. The Hall–Kier alpha value is -12.8. The summed E-state index contributed by atoms with van der Waals surface area (Å²) < 4.78 is 0.525. The lowest BCUT2D eigenvalue weighted by molar-refractivity contribution is -0.143. The molecule has 756 valence electrons. The summed E-state index contributed by atoms with van der Waals surface area (Å²) in [5.74, 6) is -3.09. The first-order valence-corrected chi connectivity index (χ1v) is 54.7. The number of carbonyl (C=O) groups is 8. The fraction of sp³-hybridized carbons (Fsp3) is 0.348. The number of carboxylic acids is 7. The molecule has 23 rings (SSSR count). The molecule has 0 unspecified atom stereocenters. The number of benzene rings is 7. The van der Waals surface area contributed by atoms with Gasteiger partial charge in [0.1, 0.15) is 56.6 Å². The summed E-state index contributed by atoms with van der Waals surface area (Å²) in [4.78, 5) is 130. The van der Waals surface area contributed by atoms with E-state index in [4.69, 9.17) is 21.0 Å². The number of hydrogen-bond donors (Lipinski definition) is 10. The number of thioether (sulfide) groups is 7. The number of aliphatic carboxylic acids is 7. The number of aliphatic hydroxyl groups excluding tert-OH is 1. The maximum atomic E-state index is 12.1. The number of nitriles is 2. The number of aromatic nitrogens is 7. The van der Waals surface area contributed by atoms with E-state index in [0.29, 0.717) is 107 Å². The third-order valence-electron chi connectivity index (χ3n) is 28.6. The van der Waals surface area contributed by atoms with E-state index in [1.807, 2.05) is 127 Å². The molecule has 0 aliphatic heterocycles. The number of nitrogens with zero attached hydrogens (tertiary/aromatic N) is 9. The molecule has 7 aromatic heterocycles. The Labute approximate surface area is 876 Å². The van der Waals surface area contributed by atoms with E-state index >= 15 is 0 Å². The number of aryl methyl sites for hydroxylation is 1. The van der Waals surface area contributed by atoms with E-state index in [9.17, 15) is 84.3 Å². The van der Waals surface area contributed by atoms with Gasteiger partial charge < -0.3 is 56.4 Å². The van der Waals surface area contributed by atoms with Gasteiger partial charge >= 0.3 is 41.8 Å². The lowest BCUT2D eigenvalue weighted by Crippen LogP contribution is -2.41. The van der Waals surface area contributed by atoms with Crippen molar-refractivity contribution in [3.8, 4) is 23.6 Å². The molecule has 9 saturated carbocycles. The van der Waals surface area contributed by atoms with Gasteiger partial charge in [0.2, 0.25) is 0 Å². The Balaban J connectivity index is 0.000000117. The zero-order chi connectivity index (χ0) is 103. The van der Waals surface area contributed by atoms with Gasteiger partial charge in [0.25, 0.3) is 0 Å². The number of fused-ring (bicyclic) bond motifs is 7. The number of carboxylic acid groups (broad SMARTS) is 7. The summed E-state index contributed by atoms with van der Waals surface area (Å²) in [5, 5.41) is 109. The minimum Gasteiger partial charge on any atom is -0.508 e. The van der Waals surface area contributed by atoms with E-state index in [2.05, 4.69) is 59.2 Å². The van der Waals surface area contributed by atoms with Crippen molar-refractivity contribution in [3.05, 3.63) is 235 Å². The Morgan fingerprint density at radius 2 is 0.619 bits per heavy atom. The quantitative estimate of drug-likeness (QED) is 0.0187. The Kier molecular flexibility index (Phi) is 32.9. The molecule has 35 heteroatoms. The number of nitrogen functional groups attached to an aromatic ring is 1. The third kappa shape index (κ3) is 24.0. The van der Waals surface area contributed by atoms with Crippen LogP contribution < -0.4 is 10.5 Å².